The van der Waals surface area contributed by atoms with Gasteiger partial charge in [0.15, 0.2) is 0 Å². The van der Waals surface area contributed by atoms with Crippen LogP contribution in [0.2, 0.25) is 0 Å². The van der Waals surface area contributed by atoms with Gasteiger partial charge in [-0.3, -0.25) is 13.9 Å². The molecule has 148 valence electrons. The van der Waals surface area contributed by atoms with E-state index in [1.165, 1.54) is 9.87 Å². The van der Waals surface area contributed by atoms with Gasteiger partial charge in [-0.15, -0.1) is 0 Å². The Hall–Kier alpha value is -2.87. The smallest absolute Gasteiger partial charge is 0.313 e. The third-order valence-corrected chi connectivity index (χ3v) is 6.36. The van der Waals surface area contributed by atoms with Crippen molar-refractivity contribution in [2.75, 3.05) is 28.5 Å². The fraction of sp³-hybridized carbons (Fsp3) is 0.300. The van der Waals surface area contributed by atoms with Crippen LogP contribution in [0.1, 0.15) is 18.4 Å². The van der Waals surface area contributed by atoms with Crippen molar-refractivity contribution in [2.24, 2.45) is 0 Å². The Morgan fingerprint density at radius 1 is 0.964 bits per heavy atom. The quantitative estimate of drug-likeness (QED) is 0.571. The second-order valence-corrected chi connectivity index (χ2v) is 8.60. The molecular weight excluding hydrogens is 378 g/mol. The molecule has 1 heterocycles. The monoisotopic (exact) mass is 401 g/mol. The SMILES string of the molecule is O=C(NCCCc1ccccc1)C(=O)Nc1ccc(N2CCCS2(=O)=O)cc1. The Balaban J connectivity index is 1.45. The molecular formula is C20H23N3O4S. The van der Waals surface area contributed by atoms with E-state index in [1.807, 2.05) is 30.3 Å². The zero-order valence-corrected chi connectivity index (χ0v) is 16.2. The molecule has 28 heavy (non-hydrogen) atoms. The van der Waals surface area contributed by atoms with E-state index in [9.17, 15) is 18.0 Å². The van der Waals surface area contributed by atoms with E-state index >= 15 is 0 Å². The lowest BCUT2D eigenvalue weighted by molar-refractivity contribution is -0.136. The summed E-state index contributed by atoms with van der Waals surface area (Å²) in [6, 6.07) is 16.3. The summed E-state index contributed by atoms with van der Waals surface area (Å²) in [4.78, 5) is 23.9. The highest BCUT2D eigenvalue weighted by atomic mass is 32.2. The molecule has 0 bridgehead atoms. The molecule has 1 saturated heterocycles. The van der Waals surface area contributed by atoms with E-state index in [0.29, 0.717) is 30.9 Å². The number of nitrogens with one attached hydrogen (secondary N) is 2. The molecule has 1 aliphatic heterocycles. The van der Waals surface area contributed by atoms with Crippen molar-refractivity contribution >= 4 is 33.2 Å². The zero-order valence-electron chi connectivity index (χ0n) is 15.4. The maximum Gasteiger partial charge on any atom is 0.313 e. The van der Waals surface area contributed by atoms with Crippen molar-refractivity contribution in [1.29, 1.82) is 0 Å². The van der Waals surface area contributed by atoms with Gasteiger partial charge < -0.3 is 10.6 Å². The van der Waals surface area contributed by atoms with Crippen LogP contribution in [-0.4, -0.2) is 39.1 Å². The summed E-state index contributed by atoms with van der Waals surface area (Å²) in [5.74, 6) is -1.30. The van der Waals surface area contributed by atoms with Crippen LogP contribution in [0, 0.1) is 0 Å². The van der Waals surface area contributed by atoms with Crippen LogP contribution >= 0.6 is 0 Å². The highest BCUT2D eigenvalue weighted by Gasteiger charge is 2.28. The molecule has 0 radical (unpaired) electrons. The fourth-order valence-electron chi connectivity index (χ4n) is 3.05. The molecule has 2 aromatic rings. The van der Waals surface area contributed by atoms with Crippen LogP contribution in [0.25, 0.3) is 0 Å². The number of benzene rings is 2. The Kier molecular flexibility index (Phi) is 6.30. The number of hydrogen-bond donors (Lipinski definition) is 2. The van der Waals surface area contributed by atoms with E-state index < -0.39 is 21.8 Å². The molecule has 3 rings (SSSR count). The second-order valence-electron chi connectivity index (χ2n) is 6.59. The van der Waals surface area contributed by atoms with Gasteiger partial charge in [0.1, 0.15) is 0 Å². The summed E-state index contributed by atoms with van der Waals surface area (Å²) < 4.78 is 25.2. The molecule has 0 aromatic heterocycles. The van der Waals surface area contributed by atoms with Crippen molar-refractivity contribution in [2.45, 2.75) is 19.3 Å². The maximum absolute atomic E-state index is 12.0. The summed E-state index contributed by atoms with van der Waals surface area (Å²) in [5, 5.41) is 5.12. The topological polar surface area (TPSA) is 95.6 Å². The first-order chi connectivity index (χ1) is 13.5. The number of amides is 2. The van der Waals surface area contributed by atoms with Crippen LogP contribution < -0.4 is 14.9 Å². The highest BCUT2D eigenvalue weighted by molar-refractivity contribution is 7.93. The second kappa shape index (κ2) is 8.88. The van der Waals surface area contributed by atoms with Gasteiger partial charge in [0.05, 0.1) is 11.4 Å². The number of carbonyl (C=O) groups is 2. The first-order valence-corrected chi connectivity index (χ1v) is 10.8. The lowest BCUT2D eigenvalue weighted by atomic mass is 10.1. The molecule has 1 fully saturated rings. The number of sulfonamides is 1. The molecule has 0 atom stereocenters. The van der Waals surface area contributed by atoms with Gasteiger partial charge in [-0.25, -0.2) is 8.42 Å². The number of hydrogen-bond acceptors (Lipinski definition) is 4. The molecule has 1 aliphatic rings. The number of carbonyl (C=O) groups excluding carboxylic acids is 2. The predicted octanol–water partition coefficient (Wildman–Crippen LogP) is 1.91. The van der Waals surface area contributed by atoms with Crippen LogP contribution in [0.5, 0.6) is 0 Å². The number of anilines is 2. The van der Waals surface area contributed by atoms with Crippen molar-refractivity contribution < 1.29 is 18.0 Å². The maximum atomic E-state index is 12.0. The number of rotatable bonds is 6. The van der Waals surface area contributed by atoms with Crippen LogP contribution in [0.4, 0.5) is 11.4 Å². The predicted molar refractivity (Wildman–Crippen MR) is 109 cm³/mol. The third kappa shape index (κ3) is 5.10. The standard InChI is InChI=1S/C20H23N3O4S/c24-19(21-13-4-8-16-6-2-1-3-7-16)20(25)22-17-9-11-18(12-10-17)23-14-5-15-28(23,26)27/h1-3,6-7,9-12H,4-5,8,13-15H2,(H,21,24)(H,22,25). The first kappa shape index (κ1) is 19.9. The molecule has 0 saturated carbocycles. The van der Waals surface area contributed by atoms with Crippen molar-refractivity contribution in [3.8, 4) is 0 Å². The zero-order chi connectivity index (χ0) is 20.0. The third-order valence-electron chi connectivity index (χ3n) is 4.49. The molecule has 7 nitrogen and oxygen atoms in total. The van der Waals surface area contributed by atoms with E-state index in [1.54, 1.807) is 24.3 Å². The molecule has 0 aliphatic carbocycles. The summed E-state index contributed by atoms with van der Waals surface area (Å²) in [6.45, 7) is 0.867. The molecule has 0 spiro atoms. The minimum absolute atomic E-state index is 0.149. The van der Waals surface area contributed by atoms with E-state index in [2.05, 4.69) is 10.6 Å². The lowest BCUT2D eigenvalue weighted by Gasteiger charge is -2.17. The minimum Gasteiger partial charge on any atom is -0.348 e. The highest BCUT2D eigenvalue weighted by Crippen LogP contribution is 2.25. The minimum atomic E-state index is -3.24. The van der Waals surface area contributed by atoms with E-state index in [4.69, 9.17) is 0 Å². The molecule has 2 aromatic carbocycles. The first-order valence-electron chi connectivity index (χ1n) is 9.19. The summed E-state index contributed by atoms with van der Waals surface area (Å²) in [7, 11) is -3.24. The van der Waals surface area contributed by atoms with Crippen molar-refractivity contribution in [3.05, 3.63) is 60.2 Å². The summed E-state index contributed by atoms with van der Waals surface area (Å²) >= 11 is 0. The summed E-state index contributed by atoms with van der Waals surface area (Å²) in [5.41, 5.74) is 2.17. The van der Waals surface area contributed by atoms with Gasteiger partial charge in [0.25, 0.3) is 0 Å². The molecule has 2 N–H and O–H groups in total. The number of nitrogens with zero attached hydrogens (tertiary/aromatic N) is 1. The average Bonchev–Trinajstić information content (AvgIpc) is 3.05. The number of aryl methyl sites for hydroxylation is 1. The summed E-state index contributed by atoms with van der Waals surface area (Å²) in [6.07, 6.45) is 2.16. The van der Waals surface area contributed by atoms with Crippen molar-refractivity contribution in [3.63, 3.8) is 0 Å². The van der Waals surface area contributed by atoms with Crippen LogP contribution in [-0.2, 0) is 26.0 Å². The molecule has 2 amide bonds. The van der Waals surface area contributed by atoms with Crippen LogP contribution in [0.15, 0.2) is 54.6 Å². The van der Waals surface area contributed by atoms with Crippen LogP contribution in [0.3, 0.4) is 0 Å². The molecule has 8 heteroatoms. The largest absolute Gasteiger partial charge is 0.348 e. The fourth-order valence-corrected chi connectivity index (χ4v) is 4.61. The Bertz CT molecular complexity index is 928. The Morgan fingerprint density at radius 2 is 1.68 bits per heavy atom. The van der Waals surface area contributed by atoms with Gasteiger partial charge in [-0.2, -0.15) is 0 Å². The Labute approximate surface area is 164 Å². The normalized spacial score (nSPS) is 15.2. The molecule has 0 unspecified atom stereocenters. The van der Waals surface area contributed by atoms with Gasteiger partial charge >= 0.3 is 11.8 Å². The van der Waals surface area contributed by atoms with Gasteiger partial charge in [0, 0.05) is 18.8 Å². The van der Waals surface area contributed by atoms with E-state index in [-0.39, 0.29) is 5.75 Å². The Morgan fingerprint density at radius 3 is 2.32 bits per heavy atom. The average molecular weight is 401 g/mol. The van der Waals surface area contributed by atoms with Gasteiger partial charge in [0.2, 0.25) is 10.0 Å². The van der Waals surface area contributed by atoms with Crippen molar-refractivity contribution in [1.82, 2.24) is 5.32 Å². The van der Waals surface area contributed by atoms with E-state index in [0.717, 1.165) is 12.8 Å². The lowest BCUT2D eigenvalue weighted by Crippen LogP contribution is -2.36. The van der Waals surface area contributed by atoms with Gasteiger partial charge in [-0.1, -0.05) is 30.3 Å². The van der Waals surface area contributed by atoms with Gasteiger partial charge in [-0.05, 0) is 49.1 Å².